The molecule has 0 spiro atoms. The number of benzene rings is 1. The van der Waals surface area contributed by atoms with Crippen LogP contribution in [0, 0.1) is 0 Å². The summed E-state index contributed by atoms with van der Waals surface area (Å²) in [4.78, 5) is 23.9. The van der Waals surface area contributed by atoms with Crippen LogP contribution >= 0.6 is 11.3 Å². The fourth-order valence-corrected chi connectivity index (χ4v) is 4.01. The van der Waals surface area contributed by atoms with E-state index in [0.717, 1.165) is 17.7 Å². The van der Waals surface area contributed by atoms with Crippen molar-refractivity contribution < 1.29 is 18.0 Å². The first kappa shape index (κ1) is 21.8. The van der Waals surface area contributed by atoms with E-state index in [2.05, 4.69) is 9.97 Å². The van der Waals surface area contributed by atoms with Gasteiger partial charge in [-0.1, -0.05) is 24.3 Å². The van der Waals surface area contributed by atoms with Gasteiger partial charge in [0.15, 0.2) is 0 Å². The first-order valence-electron chi connectivity index (χ1n) is 9.78. The molecule has 4 aromatic rings. The molecular weight excluding hydrogens is 437 g/mol. The maximum absolute atomic E-state index is 13.1. The standard InChI is InChI=1S/C23H19F3N4OS/c24-23(25,26)19-6-1-4-17(12-19)14-29-10-9-28-21(29)16-30(15-18-5-2-8-27-13-18)22(31)20-7-3-11-32-20/h1-13H,14-16H2. The van der Waals surface area contributed by atoms with E-state index in [0.29, 0.717) is 22.8 Å². The van der Waals surface area contributed by atoms with Crippen molar-refractivity contribution in [2.45, 2.75) is 25.8 Å². The van der Waals surface area contributed by atoms with Gasteiger partial charge in [0.2, 0.25) is 0 Å². The van der Waals surface area contributed by atoms with Crippen molar-refractivity contribution in [3.63, 3.8) is 0 Å². The number of hydrogen-bond donors (Lipinski definition) is 0. The number of rotatable bonds is 7. The van der Waals surface area contributed by atoms with Crippen molar-refractivity contribution in [3.8, 4) is 0 Å². The molecule has 1 amide bonds. The van der Waals surface area contributed by atoms with E-state index in [4.69, 9.17) is 0 Å². The topological polar surface area (TPSA) is 51.0 Å². The molecule has 0 radical (unpaired) electrons. The predicted octanol–water partition coefficient (Wildman–Crippen LogP) is 5.25. The number of amides is 1. The van der Waals surface area contributed by atoms with Gasteiger partial charge in [0.05, 0.1) is 17.0 Å². The monoisotopic (exact) mass is 456 g/mol. The Morgan fingerprint density at radius 2 is 1.88 bits per heavy atom. The molecule has 0 N–H and O–H groups in total. The molecular formula is C23H19F3N4OS. The molecule has 0 fully saturated rings. The maximum Gasteiger partial charge on any atom is 0.416 e. The van der Waals surface area contributed by atoms with Gasteiger partial charge in [-0.15, -0.1) is 11.3 Å². The van der Waals surface area contributed by atoms with Crippen molar-refractivity contribution in [1.82, 2.24) is 19.4 Å². The Hall–Kier alpha value is -3.46. The van der Waals surface area contributed by atoms with Crippen molar-refractivity contribution in [2.75, 3.05) is 0 Å². The number of carbonyl (C=O) groups is 1. The van der Waals surface area contributed by atoms with E-state index in [1.54, 1.807) is 52.5 Å². The van der Waals surface area contributed by atoms with Crippen LogP contribution in [0.3, 0.4) is 0 Å². The minimum atomic E-state index is -4.40. The summed E-state index contributed by atoms with van der Waals surface area (Å²) in [7, 11) is 0. The molecule has 0 unspecified atom stereocenters. The van der Waals surface area contributed by atoms with Crippen LogP contribution < -0.4 is 0 Å². The second-order valence-corrected chi connectivity index (χ2v) is 8.12. The van der Waals surface area contributed by atoms with Gasteiger partial charge in [-0.3, -0.25) is 9.78 Å². The van der Waals surface area contributed by atoms with Gasteiger partial charge in [-0.25, -0.2) is 4.98 Å². The van der Waals surface area contributed by atoms with E-state index in [-0.39, 0.29) is 19.0 Å². The predicted molar refractivity (Wildman–Crippen MR) is 115 cm³/mol. The number of nitrogens with zero attached hydrogens (tertiary/aromatic N) is 4. The lowest BCUT2D eigenvalue weighted by atomic mass is 10.1. The first-order valence-corrected chi connectivity index (χ1v) is 10.7. The molecule has 0 atom stereocenters. The Morgan fingerprint density at radius 3 is 2.59 bits per heavy atom. The first-order chi connectivity index (χ1) is 15.4. The Morgan fingerprint density at radius 1 is 1.03 bits per heavy atom. The second kappa shape index (κ2) is 9.35. The molecule has 0 saturated carbocycles. The normalized spacial score (nSPS) is 11.5. The van der Waals surface area contributed by atoms with Crippen LogP contribution in [0.25, 0.3) is 0 Å². The molecule has 0 aliphatic heterocycles. The molecule has 0 aliphatic rings. The SMILES string of the molecule is O=C(c1cccs1)N(Cc1cccnc1)Cc1nccn1Cc1cccc(C(F)(F)F)c1. The van der Waals surface area contributed by atoms with Gasteiger partial charge in [-0.05, 0) is 40.8 Å². The largest absolute Gasteiger partial charge is 0.416 e. The third-order valence-corrected chi connectivity index (χ3v) is 5.71. The van der Waals surface area contributed by atoms with Crippen LogP contribution in [0.1, 0.15) is 32.2 Å². The van der Waals surface area contributed by atoms with E-state index >= 15 is 0 Å². The smallest absolute Gasteiger partial charge is 0.329 e. The highest BCUT2D eigenvalue weighted by molar-refractivity contribution is 7.12. The summed E-state index contributed by atoms with van der Waals surface area (Å²) in [6.45, 7) is 0.756. The number of aromatic nitrogens is 3. The zero-order valence-corrected chi connectivity index (χ0v) is 17.7. The highest BCUT2D eigenvalue weighted by Crippen LogP contribution is 2.29. The quantitative estimate of drug-likeness (QED) is 0.382. The summed E-state index contributed by atoms with van der Waals surface area (Å²) in [6, 6.07) is 12.5. The summed E-state index contributed by atoms with van der Waals surface area (Å²) in [5, 5.41) is 1.84. The zero-order chi connectivity index (χ0) is 22.6. The molecule has 0 aliphatic carbocycles. The molecule has 4 rings (SSSR count). The fraction of sp³-hybridized carbons (Fsp3) is 0.174. The van der Waals surface area contributed by atoms with Crippen molar-refractivity contribution in [3.05, 3.63) is 106 Å². The van der Waals surface area contributed by atoms with Crippen LogP contribution in [0.5, 0.6) is 0 Å². The number of halogens is 3. The highest BCUT2D eigenvalue weighted by Gasteiger charge is 2.30. The summed E-state index contributed by atoms with van der Waals surface area (Å²) in [5.41, 5.74) is 0.679. The van der Waals surface area contributed by atoms with Crippen molar-refractivity contribution >= 4 is 17.2 Å². The third-order valence-electron chi connectivity index (χ3n) is 4.86. The number of thiophene rings is 1. The highest BCUT2D eigenvalue weighted by atomic mass is 32.1. The molecule has 0 bridgehead atoms. The van der Waals surface area contributed by atoms with Crippen LogP contribution in [0.4, 0.5) is 13.2 Å². The van der Waals surface area contributed by atoms with E-state index in [9.17, 15) is 18.0 Å². The van der Waals surface area contributed by atoms with Gasteiger partial charge >= 0.3 is 6.18 Å². The number of carbonyl (C=O) groups excluding carboxylic acids is 1. The van der Waals surface area contributed by atoms with Gasteiger partial charge in [0, 0.05) is 37.9 Å². The number of pyridine rings is 1. The van der Waals surface area contributed by atoms with Gasteiger partial charge < -0.3 is 9.47 Å². The van der Waals surface area contributed by atoms with Crippen molar-refractivity contribution in [2.24, 2.45) is 0 Å². The second-order valence-electron chi connectivity index (χ2n) is 7.17. The minimum absolute atomic E-state index is 0.141. The Bertz CT molecular complexity index is 1170. The van der Waals surface area contributed by atoms with Crippen LogP contribution in [-0.2, 0) is 25.8 Å². The fourth-order valence-electron chi connectivity index (χ4n) is 3.32. The van der Waals surface area contributed by atoms with Gasteiger partial charge in [-0.2, -0.15) is 13.2 Å². The van der Waals surface area contributed by atoms with Gasteiger partial charge in [0.1, 0.15) is 5.82 Å². The molecule has 164 valence electrons. The minimum Gasteiger partial charge on any atom is -0.329 e. The molecule has 5 nitrogen and oxygen atoms in total. The van der Waals surface area contributed by atoms with Gasteiger partial charge in [0.25, 0.3) is 5.91 Å². The summed E-state index contributed by atoms with van der Waals surface area (Å²) < 4.78 is 40.9. The Kier molecular flexibility index (Phi) is 6.36. The van der Waals surface area contributed by atoms with Crippen LogP contribution in [0.2, 0.25) is 0 Å². The molecule has 3 heterocycles. The lowest BCUT2D eigenvalue weighted by Gasteiger charge is -2.22. The average Bonchev–Trinajstić information content (AvgIpc) is 3.46. The number of alkyl halides is 3. The zero-order valence-electron chi connectivity index (χ0n) is 16.9. The molecule has 1 aromatic carbocycles. The number of imidazole rings is 1. The van der Waals surface area contributed by atoms with E-state index < -0.39 is 11.7 Å². The summed E-state index contributed by atoms with van der Waals surface area (Å²) in [5.74, 6) is 0.439. The lowest BCUT2D eigenvalue weighted by Crippen LogP contribution is -2.31. The van der Waals surface area contributed by atoms with Crippen molar-refractivity contribution in [1.29, 1.82) is 0 Å². The Labute approximate surface area is 186 Å². The molecule has 0 saturated heterocycles. The lowest BCUT2D eigenvalue weighted by molar-refractivity contribution is -0.137. The summed E-state index contributed by atoms with van der Waals surface area (Å²) >= 11 is 1.35. The van der Waals surface area contributed by atoms with E-state index in [1.807, 2.05) is 17.5 Å². The number of hydrogen-bond acceptors (Lipinski definition) is 4. The van der Waals surface area contributed by atoms with Crippen LogP contribution in [0.15, 0.2) is 78.7 Å². The van der Waals surface area contributed by atoms with Crippen LogP contribution in [-0.4, -0.2) is 25.3 Å². The summed E-state index contributed by atoms with van der Waals surface area (Å²) in [6.07, 6.45) is 2.25. The third kappa shape index (κ3) is 5.23. The Balaban J connectivity index is 1.57. The average molecular weight is 456 g/mol. The van der Waals surface area contributed by atoms with E-state index in [1.165, 1.54) is 17.4 Å². The molecule has 32 heavy (non-hydrogen) atoms. The molecule has 9 heteroatoms. The maximum atomic E-state index is 13.1. The molecule has 3 aromatic heterocycles.